The molecule has 0 N–H and O–H groups in total. The van der Waals surface area contributed by atoms with Crippen LogP contribution >= 0.6 is 0 Å². The zero-order valence-corrected chi connectivity index (χ0v) is 28.1. The Morgan fingerprint density at radius 3 is 1.04 bits per heavy atom. The van der Waals surface area contributed by atoms with Crippen LogP contribution in [0.25, 0.3) is 0 Å². The van der Waals surface area contributed by atoms with Gasteiger partial charge in [-0.25, -0.2) is 26.3 Å². The van der Waals surface area contributed by atoms with E-state index >= 15 is 8.78 Å². The maximum Gasteiger partial charge on any atom is 0.194 e. The highest BCUT2D eigenvalue weighted by atomic mass is 19.2. The number of hydrogen-bond acceptors (Lipinski definition) is 1. The summed E-state index contributed by atoms with van der Waals surface area (Å²) < 4.78 is 95.6. The summed E-state index contributed by atoms with van der Waals surface area (Å²) in [4.78, 5) is 0. The predicted octanol–water partition coefficient (Wildman–Crippen LogP) is 12.6. The van der Waals surface area contributed by atoms with Gasteiger partial charge >= 0.3 is 0 Å². The van der Waals surface area contributed by atoms with Gasteiger partial charge in [0.2, 0.25) is 0 Å². The van der Waals surface area contributed by atoms with Crippen molar-refractivity contribution in [2.24, 2.45) is 47.3 Å². The van der Waals surface area contributed by atoms with Crippen LogP contribution in [0.3, 0.4) is 0 Å². The molecule has 2 aromatic rings. The van der Waals surface area contributed by atoms with Crippen LogP contribution in [0, 0.1) is 82.2 Å². The molecule has 0 amide bonds. The topological polar surface area (TPSA) is 9.23 Å². The molecule has 4 fully saturated rings. The minimum Gasteiger partial charge on any atom is -0.365 e. The average molecular weight is 663 g/mol. The summed E-state index contributed by atoms with van der Waals surface area (Å²) in [6, 6.07) is 4.32. The van der Waals surface area contributed by atoms with Gasteiger partial charge in [0, 0.05) is 11.1 Å². The van der Waals surface area contributed by atoms with E-state index in [2.05, 4.69) is 13.8 Å². The molecule has 0 bridgehead atoms. The maximum atomic E-state index is 15.6. The molecule has 1 nitrogen and oxygen atoms in total. The largest absolute Gasteiger partial charge is 0.365 e. The monoisotopic (exact) mass is 662 g/mol. The molecule has 0 aromatic heterocycles. The summed E-state index contributed by atoms with van der Waals surface area (Å²) in [6.07, 6.45) is 14.5. The second-order valence-electron chi connectivity index (χ2n) is 15.9. The van der Waals surface area contributed by atoms with Gasteiger partial charge in [0.15, 0.2) is 34.9 Å². The Morgan fingerprint density at radius 1 is 0.426 bits per heavy atom. The first-order chi connectivity index (χ1) is 22.6. The van der Waals surface area contributed by atoms with E-state index < -0.39 is 47.1 Å². The van der Waals surface area contributed by atoms with Crippen molar-refractivity contribution in [1.29, 1.82) is 0 Å². The molecule has 2 atom stereocenters. The first kappa shape index (κ1) is 34.8. The number of hydrogen-bond donors (Lipinski definition) is 0. The molecule has 2 unspecified atom stereocenters. The molecule has 2 aromatic carbocycles. The van der Waals surface area contributed by atoms with Gasteiger partial charge in [-0.3, -0.25) is 0 Å². The van der Waals surface area contributed by atoms with Gasteiger partial charge in [0.25, 0.3) is 0 Å². The fraction of sp³-hybridized carbons (Fsp3) is 0.700. The van der Waals surface area contributed by atoms with E-state index in [-0.39, 0.29) is 23.0 Å². The third-order valence-electron chi connectivity index (χ3n) is 13.0. The smallest absolute Gasteiger partial charge is 0.194 e. The standard InChI is InChI=1S/C40H52F6O/c1-23-3-7-25(8-4-23)27-11-15-29(16-12-27)39(31-19-21-33(41)37(45)35(31)43)47-40(32-20-22-34(42)38(46)36(32)44)30-17-13-28(14-18-30)26-9-5-24(2)6-10-26/h19-30,39-40H,3-18H2,1-2H3. The highest BCUT2D eigenvalue weighted by Gasteiger charge is 2.41. The fourth-order valence-electron chi connectivity index (χ4n) is 9.91. The lowest BCUT2D eigenvalue weighted by Crippen LogP contribution is -2.32. The van der Waals surface area contributed by atoms with E-state index in [1.807, 2.05) is 0 Å². The second-order valence-corrected chi connectivity index (χ2v) is 15.9. The van der Waals surface area contributed by atoms with Crippen molar-refractivity contribution in [2.45, 2.75) is 129 Å². The number of rotatable bonds is 8. The molecule has 4 aliphatic carbocycles. The van der Waals surface area contributed by atoms with Gasteiger partial charge in [0.1, 0.15) is 0 Å². The van der Waals surface area contributed by atoms with Crippen molar-refractivity contribution in [3.63, 3.8) is 0 Å². The van der Waals surface area contributed by atoms with E-state index in [1.165, 1.54) is 63.5 Å². The molecule has 4 saturated carbocycles. The molecule has 0 radical (unpaired) electrons. The normalized spacial score (nSPS) is 33.4. The molecule has 260 valence electrons. The van der Waals surface area contributed by atoms with Crippen molar-refractivity contribution in [3.05, 3.63) is 70.3 Å². The summed E-state index contributed by atoms with van der Waals surface area (Å²) >= 11 is 0. The van der Waals surface area contributed by atoms with Crippen LogP contribution in [0.2, 0.25) is 0 Å². The highest BCUT2D eigenvalue weighted by molar-refractivity contribution is 5.26. The molecular formula is C40H52F6O. The SMILES string of the molecule is CC1CCC(C2CCC(C(OC(c3ccc(F)c(F)c3F)C3CCC(C4CCC(C)CC4)CC3)c3ccc(F)c(F)c3F)CC2)CC1. The van der Waals surface area contributed by atoms with Crippen LogP contribution in [-0.4, -0.2) is 0 Å². The average Bonchev–Trinajstić information content (AvgIpc) is 3.09. The van der Waals surface area contributed by atoms with Gasteiger partial charge in [-0.15, -0.1) is 0 Å². The maximum absolute atomic E-state index is 15.6. The first-order valence-electron chi connectivity index (χ1n) is 18.5. The minimum atomic E-state index is -1.56. The lowest BCUT2D eigenvalue weighted by molar-refractivity contribution is -0.0962. The summed E-state index contributed by atoms with van der Waals surface area (Å²) in [5, 5.41) is 0. The molecular weight excluding hydrogens is 610 g/mol. The molecule has 47 heavy (non-hydrogen) atoms. The Morgan fingerprint density at radius 2 is 0.723 bits per heavy atom. The zero-order valence-electron chi connectivity index (χ0n) is 28.1. The second kappa shape index (κ2) is 15.3. The molecule has 0 spiro atoms. The van der Waals surface area contributed by atoms with Crippen LogP contribution in [0.15, 0.2) is 24.3 Å². The summed E-state index contributed by atoms with van der Waals surface area (Å²) in [6.45, 7) is 4.61. The predicted molar refractivity (Wildman–Crippen MR) is 172 cm³/mol. The Bertz CT molecular complexity index is 1230. The summed E-state index contributed by atoms with van der Waals surface area (Å²) in [5.74, 6) is -4.70. The number of halogens is 6. The molecule has 4 aliphatic rings. The van der Waals surface area contributed by atoms with Crippen molar-refractivity contribution in [1.82, 2.24) is 0 Å². The van der Waals surface area contributed by atoms with E-state index in [0.717, 1.165) is 75.3 Å². The van der Waals surface area contributed by atoms with Gasteiger partial charge < -0.3 is 4.74 Å². The molecule has 6 rings (SSSR count). The summed E-state index contributed by atoms with van der Waals surface area (Å²) in [5.41, 5.74) is -0.173. The van der Waals surface area contributed by atoms with Crippen LogP contribution in [0.4, 0.5) is 26.3 Å². The molecule has 0 heterocycles. The Labute approximate surface area is 277 Å². The molecule has 0 aliphatic heterocycles. The number of ether oxygens (including phenoxy) is 1. The van der Waals surface area contributed by atoms with Crippen molar-refractivity contribution in [3.8, 4) is 0 Å². The van der Waals surface area contributed by atoms with E-state index in [0.29, 0.717) is 23.7 Å². The van der Waals surface area contributed by atoms with Crippen LogP contribution in [0.1, 0.15) is 140 Å². The third-order valence-corrected chi connectivity index (χ3v) is 13.0. The van der Waals surface area contributed by atoms with Crippen LogP contribution in [0.5, 0.6) is 0 Å². The summed E-state index contributed by atoms with van der Waals surface area (Å²) in [7, 11) is 0. The number of benzene rings is 2. The van der Waals surface area contributed by atoms with Crippen molar-refractivity contribution in [2.75, 3.05) is 0 Å². The Hall–Kier alpha value is -2.02. The van der Waals surface area contributed by atoms with Crippen LogP contribution < -0.4 is 0 Å². The quantitative estimate of drug-likeness (QED) is 0.202. The first-order valence-corrected chi connectivity index (χ1v) is 18.5. The molecule has 0 saturated heterocycles. The van der Waals surface area contributed by atoms with Crippen LogP contribution in [-0.2, 0) is 4.74 Å². The van der Waals surface area contributed by atoms with Gasteiger partial charge in [-0.2, -0.15) is 0 Å². The van der Waals surface area contributed by atoms with E-state index in [4.69, 9.17) is 4.74 Å². The Kier molecular flexibility index (Phi) is 11.3. The fourth-order valence-corrected chi connectivity index (χ4v) is 9.91. The van der Waals surface area contributed by atoms with E-state index in [1.54, 1.807) is 0 Å². The van der Waals surface area contributed by atoms with Crippen molar-refractivity contribution < 1.29 is 31.1 Å². The van der Waals surface area contributed by atoms with Gasteiger partial charge in [-0.05, 0) is 137 Å². The van der Waals surface area contributed by atoms with Crippen molar-refractivity contribution >= 4 is 0 Å². The van der Waals surface area contributed by atoms with E-state index in [9.17, 15) is 17.6 Å². The lowest BCUT2D eigenvalue weighted by atomic mass is 9.67. The lowest BCUT2D eigenvalue weighted by Gasteiger charge is -2.43. The molecule has 7 heteroatoms. The zero-order chi connectivity index (χ0) is 33.2. The highest BCUT2D eigenvalue weighted by Crippen LogP contribution is 2.51. The minimum absolute atomic E-state index is 0.0863. The van der Waals surface area contributed by atoms with Gasteiger partial charge in [0.05, 0.1) is 12.2 Å². The third kappa shape index (κ3) is 7.75. The van der Waals surface area contributed by atoms with Gasteiger partial charge in [-0.1, -0.05) is 51.7 Å². The Balaban J connectivity index is 1.27.